The predicted molar refractivity (Wildman–Crippen MR) is 47.5 cm³/mol. The monoisotopic (exact) mass is 218 g/mol. The van der Waals surface area contributed by atoms with Gasteiger partial charge in [0.25, 0.3) is 0 Å². The molecular formula is C10H9F3O2. The molecule has 1 N–H and O–H groups in total. The summed E-state index contributed by atoms with van der Waals surface area (Å²) in [7, 11) is 0. The summed E-state index contributed by atoms with van der Waals surface area (Å²) in [5.41, 5.74) is -0.0168. The summed E-state index contributed by atoms with van der Waals surface area (Å²) in [6, 6.07) is 3.05. The molecule has 1 aromatic carbocycles. The Morgan fingerprint density at radius 3 is 2.40 bits per heavy atom. The molecule has 0 unspecified atom stereocenters. The van der Waals surface area contributed by atoms with Gasteiger partial charge in [-0.3, -0.25) is 4.79 Å². The molecule has 0 bridgehead atoms. The van der Waals surface area contributed by atoms with Gasteiger partial charge >= 0.3 is 12.1 Å². The Bertz CT molecular complexity index is 383. The fourth-order valence-corrected chi connectivity index (χ4v) is 1.23. The van der Waals surface area contributed by atoms with Gasteiger partial charge in [-0.1, -0.05) is 6.07 Å². The molecule has 0 aliphatic heterocycles. The maximum atomic E-state index is 12.2. The third-order valence-electron chi connectivity index (χ3n) is 2.01. The van der Waals surface area contributed by atoms with Crippen LogP contribution in [0.1, 0.15) is 16.7 Å². The summed E-state index contributed by atoms with van der Waals surface area (Å²) in [5.74, 6) is -1.06. The molecule has 0 heterocycles. The molecule has 82 valence electrons. The molecule has 0 atom stereocenters. The van der Waals surface area contributed by atoms with Gasteiger partial charge in [-0.05, 0) is 30.2 Å². The molecule has 0 fully saturated rings. The SMILES string of the molecule is Cc1cc(C(F)(F)F)ccc1CC(=O)O. The third kappa shape index (κ3) is 2.97. The van der Waals surface area contributed by atoms with E-state index >= 15 is 0 Å². The summed E-state index contributed by atoms with van der Waals surface area (Å²) in [6.07, 6.45) is -4.64. The van der Waals surface area contributed by atoms with Crippen LogP contribution in [0.2, 0.25) is 0 Å². The smallest absolute Gasteiger partial charge is 0.416 e. The van der Waals surface area contributed by atoms with Gasteiger partial charge < -0.3 is 5.11 Å². The molecule has 0 aliphatic carbocycles. The molecule has 15 heavy (non-hydrogen) atoms. The van der Waals surface area contributed by atoms with Crippen molar-refractivity contribution in [3.05, 3.63) is 34.9 Å². The van der Waals surface area contributed by atoms with E-state index in [-0.39, 0.29) is 6.42 Å². The topological polar surface area (TPSA) is 37.3 Å². The number of hydrogen-bond acceptors (Lipinski definition) is 1. The average molecular weight is 218 g/mol. The molecule has 2 nitrogen and oxygen atoms in total. The van der Waals surface area contributed by atoms with Crippen LogP contribution in [0, 0.1) is 6.92 Å². The lowest BCUT2D eigenvalue weighted by Crippen LogP contribution is -2.07. The molecule has 1 rings (SSSR count). The van der Waals surface area contributed by atoms with E-state index in [1.165, 1.54) is 13.0 Å². The number of carbonyl (C=O) groups is 1. The zero-order valence-electron chi connectivity index (χ0n) is 7.93. The highest BCUT2D eigenvalue weighted by molar-refractivity contribution is 5.70. The van der Waals surface area contributed by atoms with E-state index in [9.17, 15) is 18.0 Å². The first-order valence-electron chi connectivity index (χ1n) is 4.19. The first-order valence-corrected chi connectivity index (χ1v) is 4.19. The summed E-state index contributed by atoms with van der Waals surface area (Å²) < 4.78 is 36.7. The Labute approximate surface area is 84.3 Å². The Morgan fingerprint density at radius 2 is 2.00 bits per heavy atom. The minimum Gasteiger partial charge on any atom is -0.481 e. The molecule has 0 radical (unpaired) electrons. The molecule has 0 spiro atoms. The van der Waals surface area contributed by atoms with Crippen molar-refractivity contribution in [3.8, 4) is 0 Å². The first kappa shape index (κ1) is 11.6. The average Bonchev–Trinajstić information content (AvgIpc) is 2.05. The zero-order valence-corrected chi connectivity index (χ0v) is 7.93. The number of rotatable bonds is 2. The first-order chi connectivity index (χ1) is 6.80. The Hall–Kier alpha value is -1.52. The fraction of sp³-hybridized carbons (Fsp3) is 0.300. The van der Waals surface area contributed by atoms with Gasteiger partial charge in [0.1, 0.15) is 0 Å². The summed E-state index contributed by atoms with van der Waals surface area (Å²) in [6.45, 7) is 1.47. The van der Waals surface area contributed by atoms with Gasteiger partial charge in [0.05, 0.1) is 12.0 Å². The van der Waals surface area contributed by atoms with E-state index in [1.807, 2.05) is 0 Å². The van der Waals surface area contributed by atoms with Gasteiger partial charge in [-0.2, -0.15) is 13.2 Å². The van der Waals surface area contributed by atoms with Crippen LogP contribution in [-0.4, -0.2) is 11.1 Å². The van der Waals surface area contributed by atoms with Crippen molar-refractivity contribution in [2.45, 2.75) is 19.5 Å². The number of alkyl halides is 3. The number of aryl methyl sites for hydroxylation is 1. The quantitative estimate of drug-likeness (QED) is 0.828. The number of carboxylic acid groups (broad SMARTS) is 1. The third-order valence-corrected chi connectivity index (χ3v) is 2.01. The minimum atomic E-state index is -4.38. The Balaban J connectivity index is 3.03. The number of aliphatic carboxylic acids is 1. The van der Waals surface area contributed by atoms with Crippen LogP contribution >= 0.6 is 0 Å². The van der Waals surface area contributed by atoms with Crippen LogP contribution in [0.15, 0.2) is 18.2 Å². The lowest BCUT2D eigenvalue weighted by Gasteiger charge is -2.09. The lowest BCUT2D eigenvalue weighted by atomic mass is 10.0. The Kier molecular flexibility index (Phi) is 3.02. The van der Waals surface area contributed by atoms with Crippen LogP contribution in [0.25, 0.3) is 0 Å². The van der Waals surface area contributed by atoms with Crippen molar-refractivity contribution >= 4 is 5.97 Å². The highest BCUT2D eigenvalue weighted by Gasteiger charge is 2.30. The van der Waals surface area contributed by atoms with E-state index in [4.69, 9.17) is 5.11 Å². The number of carboxylic acids is 1. The highest BCUT2D eigenvalue weighted by atomic mass is 19.4. The van der Waals surface area contributed by atoms with Crippen LogP contribution < -0.4 is 0 Å². The molecule has 1 aromatic rings. The standard InChI is InChI=1S/C10H9F3O2/c1-6-4-8(10(11,12)13)3-2-7(6)5-9(14)15/h2-4H,5H2,1H3,(H,14,15). The van der Waals surface area contributed by atoms with E-state index in [1.54, 1.807) is 0 Å². The van der Waals surface area contributed by atoms with Crippen molar-refractivity contribution in [2.24, 2.45) is 0 Å². The minimum absolute atomic E-state index is 0.260. The second kappa shape index (κ2) is 3.92. The van der Waals surface area contributed by atoms with Crippen molar-refractivity contribution in [1.82, 2.24) is 0 Å². The van der Waals surface area contributed by atoms with Crippen LogP contribution in [0.5, 0.6) is 0 Å². The second-order valence-electron chi connectivity index (χ2n) is 3.21. The fourth-order valence-electron chi connectivity index (χ4n) is 1.23. The van der Waals surface area contributed by atoms with E-state index in [2.05, 4.69) is 0 Å². The predicted octanol–water partition coefficient (Wildman–Crippen LogP) is 2.64. The van der Waals surface area contributed by atoms with Gasteiger partial charge in [0, 0.05) is 0 Å². The molecule has 0 aliphatic rings. The van der Waals surface area contributed by atoms with E-state index in [0.717, 1.165) is 12.1 Å². The van der Waals surface area contributed by atoms with Gasteiger partial charge in [-0.25, -0.2) is 0 Å². The number of halogens is 3. The summed E-state index contributed by atoms with van der Waals surface area (Å²) in [4.78, 5) is 10.4. The number of hydrogen-bond donors (Lipinski definition) is 1. The zero-order chi connectivity index (χ0) is 11.6. The second-order valence-corrected chi connectivity index (χ2v) is 3.21. The molecule has 0 saturated heterocycles. The van der Waals surface area contributed by atoms with E-state index < -0.39 is 17.7 Å². The van der Waals surface area contributed by atoms with Crippen molar-refractivity contribution < 1.29 is 23.1 Å². The maximum absolute atomic E-state index is 12.2. The number of benzene rings is 1. The molecule has 5 heteroatoms. The molecule has 0 saturated carbocycles. The van der Waals surface area contributed by atoms with E-state index in [0.29, 0.717) is 11.1 Å². The molecule has 0 amide bonds. The van der Waals surface area contributed by atoms with Crippen molar-refractivity contribution in [3.63, 3.8) is 0 Å². The van der Waals surface area contributed by atoms with Gasteiger partial charge in [-0.15, -0.1) is 0 Å². The molecule has 0 aromatic heterocycles. The van der Waals surface area contributed by atoms with Crippen LogP contribution in [0.3, 0.4) is 0 Å². The van der Waals surface area contributed by atoms with Crippen molar-refractivity contribution in [2.75, 3.05) is 0 Å². The summed E-state index contributed by atoms with van der Waals surface area (Å²) >= 11 is 0. The van der Waals surface area contributed by atoms with Gasteiger partial charge in [0.2, 0.25) is 0 Å². The normalized spacial score (nSPS) is 11.5. The van der Waals surface area contributed by atoms with Crippen LogP contribution in [0.4, 0.5) is 13.2 Å². The lowest BCUT2D eigenvalue weighted by molar-refractivity contribution is -0.137. The Morgan fingerprint density at radius 1 is 1.40 bits per heavy atom. The maximum Gasteiger partial charge on any atom is 0.416 e. The molecular weight excluding hydrogens is 209 g/mol. The largest absolute Gasteiger partial charge is 0.481 e. The summed E-state index contributed by atoms with van der Waals surface area (Å²) in [5, 5.41) is 8.50. The van der Waals surface area contributed by atoms with Crippen LogP contribution in [-0.2, 0) is 17.4 Å². The highest BCUT2D eigenvalue weighted by Crippen LogP contribution is 2.30. The van der Waals surface area contributed by atoms with Gasteiger partial charge in [0.15, 0.2) is 0 Å². The van der Waals surface area contributed by atoms with Crippen molar-refractivity contribution in [1.29, 1.82) is 0 Å².